The van der Waals surface area contributed by atoms with Crippen molar-refractivity contribution in [1.29, 1.82) is 0 Å². The number of nitrogens with one attached hydrogen (secondary N) is 1. The van der Waals surface area contributed by atoms with Gasteiger partial charge in [-0.05, 0) is 24.1 Å². The molecule has 4 heteroatoms. The second-order valence-electron chi connectivity index (χ2n) is 3.65. The summed E-state index contributed by atoms with van der Waals surface area (Å²) in [6.45, 7) is 3.94. The van der Waals surface area contributed by atoms with Crippen molar-refractivity contribution in [2.45, 2.75) is 26.4 Å². The SMILES string of the molecule is CCCn1ccnc1NCc1ccncc1. The van der Waals surface area contributed by atoms with Crippen LogP contribution in [0.1, 0.15) is 18.9 Å². The number of aryl methyl sites for hydroxylation is 1. The quantitative estimate of drug-likeness (QED) is 0.834. The van der Waals surface area contributed by atoms with E-state index in [4.69, 9.17) is 0 Å². The topological polar surface area (TPSA) is 42.7 Å². The molecule has 0 aromatic carbocycles. The third-order valence-electron chi connectivity index (χ3n) is 2.38. The van der Waals surface area contributed by atoms with Gasteiger partial charge in [0.25, 0.3) is 0 Å². The van der Waals surface area contributed by atoms with Gasteiger partial charge in [0.05, 0.1) is 0 Å². The number of imidazole rings is 1. The van der Waals surface area contributed by atoms with E-state index < -0.39 is 0 Å². The first-order valence-electron chi connectivity index (χ1n) is 5.54. The maximum Gasteiger partial charge on any atom is 0.203 e. The van der Waals surface area contributed by atoms with E-state index in [1.165, 1.54) is 5.56 Å². The van der Waals surface area contributed by atoms with Crippen LogP contribution in [-0.2, 0) is 13.1 Å². The van der Waals surface area contributed by atoms with Crippen molar-refractivity contribution < 1.29 is 0 Å². The summed E-state index contributed by atoms with van der Waals surface area (Å²) < 4.78 is 2.13. The van der Waals surface area contributed by atoms with Crippen molar-refractivity contribution in [3.63, 3.8) is 0 Å². The highest BCUT2D eigenvalue weighted by atomic mass is 15.2. The zero-order valence-electron chi connectivity index (χ0n) is 9.43. The Morgan fingerprint density at radius 1 is 1.25 bits per heavy atom. The monoisotopic (exact) mass is 216 g/mol. The molecule has 2 aromatic rings. The highest BCUT2D eigenvalue weighted by Crippen LogP contribution is 2.07. The van der Waals surface area contributed by atoms with E-state index in [-0.39, 0.29) is 0 Å². The van der Waals surface area contributed by atoms with Gasteiger partial charge in [-0.3, -0.25) is 4.98 Å². The Balaban J connectivity index is 1.97. The van der Waals surface area contributed by atoms with E-state index in [9.17, 15) is 0 Å². The van der Waals surface area contributed by atoms with Crippen LogP contribution in [0.3, 0.4) is 0 Å². The van der Waals surface area contributed by atoms with Crippen molar-refractivity contribution in [3.05, 3.63) is 42.5 Å². The molecule has 0 bridgehead atoms. The number of anilines is 1. The average Bonchev–Trinajstić information content (AvgIpc) is 2.76. The standard InChI is InChI=1S/C12H16N4/c1-2-8-16-9-7-14-12(16)15-10-11-3-5-13-6-4-11/h3-7,9H,2,8,10H2,1H3,(H,14,15). The van der Waals surface area contributed by atoms with Crippen LogP contribution in [0.15, 0.2) is 36.9 Å². The molecule has 0 aliphatic heterocycles. The number of rotatable bonds is 5. The van der Waals surface area contributed by atoms with Crippen LogP contribution in [-0.4, -0.2) is 14.5 Å². The highest BCUT2D eigenvalue weighted by Gasteiger charge is 2.00. The van der Waals surface area contributed by atoms with Gasteiger partial charge in [-0.15, -0.1) is 0 Å². The van der Waals surface area contributed by atoms with Crippen molar-refractivity contribution in [3.8, 4) is 0 Å². The summed E-state index contributed by atoms with van der Waals surface area (Å²) in [5.41, 5.74) is 1.21. The lowest BCUT2D eigenvalue weighted by Gasteiger charge is -2.08. The first-order valence-corrected chi connectivity index (χ1v) is 5.54. The smallest absolute Gasteiger partial charge is 0.203 e. The summed E-state index contributed by atoms with van der Waals surface area (Å²) >= 11 is 0. The molecule has 2 aromatic heterocycles. The molecule has 1 N–H and O–H groups in total. The number of aromatic nitrogens is 3. The Morgan fingerprint density at radius 3 is 2.81 bits per heavy atom. The molecule has 0 aliphatic rings. The van der Waals surface area contributed by atoms with Crippen LogP contribution < -0.4 is 5.32 Å². The first kappa shape index (κ1) is 10.7. The molecule has 0 saturated carbocycles. The summed E-state index contributed by atoms with van der Waals surface area (Å²) in [6.07, 6.45) is 8.54. The molecule has 84 valence electrons. The fourth-order valence-electron chi connectivity index (χ4n) is 1.58. The Labute approximate surface area is 95.4 Å². The van der Waals surface area contributed by atoms with Crippen molar-refractivity contribution in [2.75, 3.05) is 5.32 Å². The molecule has 0 unspecified atom stereocenters. The van der Waals surface area contributed by atoms with Gasteiger partial charge in [-0.2, -0.15) is 0 Å². The predicted octanol–water partition coefficient (Wildman–Crippen LogP) is 2.30. The van der Waals surface area contributed by atoms with Crippen molar-refractivity contribution in [1.82, 2.24) is 14.5 Å². The molecule has 0 radical (unpaired) electrons. The van der Waals surface area contributed by atoms with Gasteiger partial charge in [-0.1, -0.05) is 6.92 Å². The molecule has 0 amide bonds. The van der Waals surface area contributed by atoms with Gasteiger partial charge < -0.3 is 9.88 Å². The van der Waals surface area contributed by atoms with Crippen LogP contribution in [0, 0.1) is 0 Å². The van der Waals surface area contributed by atoms with Crippen LogP contribution in [0.2, 0.25) is 0 Å². The van der Waals surface area contributed by atoms with Gasteiger partial charge in [0, 0.05) is 37.9 Å². The minimum absolute atomic E-state index is 0.781. The molecule has 0 fully saturated rings. The second kappa shape index (κ2) is 5.30. The zero-order valence-corrected chi connectivity index (χ0v) is 9.43. The fourth-order valence-corrected chi connectivity index (χ4v) is 1.58. The Hall–Kier alpha value is -1.84. The van der Waals surface area contributed by atoms with Crippen LogP contribution in [0.25, 0.3) is 0 Å². The zero-order chi connectivity index (χ0) is 11.2. The van der Waals surface area contributed by atoms with Gasteiger partial charge in [0.1, 0.15) is 0 Å². The van der Waals surface area contributed by atoms with Crippen molar-refractivity contribution >= 4 is 5.95 Å². The summed E-state index contributed by atoms with van der Waals surface area (Å²) in [5, 5.41) is 3.32. The summed E-state index contributed by atoms with van der Waals surface area (Å²) in [4.78, 5) is 8.27. The summed E-state index contributed by atoms with van der Waals surface area (Å²) in [5.74, 6) is 0.929. The first-order chi connectivity index (χ1) is 7.90. The van der Waals surface area contributed by atoms with Gasteiger partial charge in [0.15, 0.2) is 0 Å². The van der Waals surface area contributed by atoms with E-state index in [2.05, 4.69) is 26.8 Å². The molecule has 0 aliphatic carbocycles. The third kappa shape index (κ3) is 2.59. The lowest BCUT2D eigenvalue weighted by Crippen LogP contribution is -2.07. The second-order valence-corrected chi connectivity index (χ2v) is 3.65. The lowest BCUT2D eigenvalue weighted by atomic mass is 10.3. The maximum absolute atomic E-state index is 4.29. The molecule has 0 spiro atoms. The number of hydrogen-bond acceptors (Lipinski definition) is 3. The molecular formula is C12H16N4. The largest absolute Gasteiger partial charge is 0.352 e. The number of hydrogen-bond donors (Lipinski definition) is 1. The van der Waals surface area contributed by atoms with E-state index in [1.807, 2.05) is 24.5 Å². The van der Waals surface area contributed by atoms with E-state index in [1.54, 1.807) is 12.4 Å². The van der Waals surface area contributed by atoms with E-state index in [0.717, 1.165) is 25.5 Å². The minimum atomic E-state index is 0.781. The third-order valence-corrected chi connectivity index (χ3v) is 2.38. The Kier molecular flexibility index (Phi) is 3.53. The average molecular weight is 216 g/mol. The Morgan fingerprint density at radius 2 is 2.06 bits per heavy atom. The molecular weight excluding hydrogens is 200 g/mol. The molecule has 2 rings (SSSR count). The molecule has 4 nitrogen and oxygen atoms in total. The Bertz CT molecular complexity index is 422. The lowest BCUT2D eigenvalue weighted by molar-refractivity contribution is 0.682. The van der Waals surface area contributed by atoms with Crippen LogP contribution in [0.5, 0.6) is 0 Å². The summed E-state index contributed by atoms with van der Waals surface area (Å²) in [6, 6.07) is 4.00. The normalized spacial score (nSPS) is 10.3. The van der Waals surface area contributed by atoms with E-state index in [0.29, 0.717) is 0 Å². The number of pyridine rings is 1. The molecule has 16 heavy (non-hydrogen) atoms. The molecule has 2 heterocycles. The van der Waals surface area contributed by atoms with Gasteiger partial charge in [-0.25, -0.2) is 4.98 Å². The summed E-state index contributed by atoms with van der Waals surface area (Å²) in [7, 11) is 0. The molecule has 0 saturated heterocycles. The van der Waals surface area contributed by atoms with Gasteiger partial charge >= 0.3 is 0 Å². The minimum Gasteiger partial charge on any atom is -0.352 e. The van der Waals surface area contributed by atoms with Crippen LogP contribution in [0.4, 0.5) is 5.95 Å². The fraction of sp³-hybridized carbons (Fsp3) is 0.333. The van der Waals surface area contributed by atoms with Gasteiger partial charge in [0.2, 0.25) is 5.95 Å². The maximum atomic E-state index is 4.29. The number of nitrogens with zero attached hydrogens (tertiary/aromatic N) is 3. The predicted molar refractivity (Wildman–Crippen MR) is 64.1 cm³/mol. The van der Waals surface area contributed by atoms with E-state index >= 15 is 0 Å². The van der Waals surface area contributed by atoms with Crippen LogP contribution >= 0.6 is 0 Å². The van der Waals surface area contributed by atoms with Crippen molar-refractivity contribution in [2.24, 2.45) is 0 Å². The molecule has 0 atom stereocenters. The highest BCUT2D eigenvalue weighted by molar-refractivity contribution is 5.28.